The lowest BCUT2D eigenvalue weighted by atomic mass is 9.75. The molecule has 1 amide bonds. The first-order chi connectivity index (χ1) is 13.8. The Kier molecular flexibility index (Phi) is 6.55. The van der Waals surface area contributed by atoms with E-state index in [4.69, 9.17) is 4.74 Å². The van der Waals surface area contributed by atoms with Crippen LogP contribution in [0.5, 0.6) is 0 Å². The highest BCUT2D eigenvalue weighted by Gasteiger charge is 2.42. The van der Waals surface area contributed by atoms with Crippen LogP contribution < -0.4 is 5.32 Å². The zero-order valence-electron chi connectivity index (χ0n) is 18.8. The fourth-order valence-electron chi connectivity index (χ4n) is 3.06. The van der Waals surface area contributed by atoms with Gasteiger partial charge in [0, 0.05) is 11.1 Å². The lowest BCUT2D eigenvalue weighted by Gasteiger charge is -2.35. The van der Waals surface area contributed by atoms with Gasteiger partial charge in [-0.3, -0.25) is 14.4 Å². The molecule has 0 unspecified atom stereocenters. The minimum absolute atomic E-state index is 0.0136. The van der Waals surface area contributed by atoms with E-state index in [1.165, 1.54) is 13.8 Å². The molecule has 5 nitrogen and oxygen atoms in total. The van der Waals surface area contributed by atoms with Gasteiger partial charge in [-0.1, -0.05) is 42.5 Å². The standard InChI is InChI=1S/C25H31NO4/c1-17(27)23(2,3)19-15-11-12-16-20(19)25(6,7)30-22(29)24(4,5)21(28)26-18-13-9-8-10-14-18/h8-16H,1-7H3,(H,26,28). The summed E-state index contributed by atoms with van der Waals surface area (Å²) in [6, 6.07) is 16.4. The molecule has 0 heterocycles. The summed E-state index contributed by atoms with van der Waals surface area (Å²) >= 11 is 0. The van der Waals surface area contributed by atoms with Crippen molar-refractivity contribution in [2.75, 3.05) is 5.32 Å². The quantitative estimate of drug-likeness (QED) is 0.516. The van der Waals surface area contributed by atoms with E-state index in [0.717, 1.165) is 11.1 Å². The zero-order chi connectivity index (χ0) is 22.7. The summed E-state index contributed by atoms with van der Waals surface area (Å²) in [6.07, 6.45) is 0. The molecular weight excluding hydrogens is 378 g/mol. The van der Waals surface area contributed by atoms with Gasteiger partial charge < -0.3 is 10.1 Å². The first-order valence-corrected chi connectivity index (χ1v) is 10.0. The topological polar surface area (TPSA) is 72.5 Å². The molecule has 0 spiro atoms. The third-order valence-corrected chi connectivity index (χ3v) is 5.59. The summed E-state index contributed by atoms with van der Waals surface area (Å²) in [5, 5.41) is 2.75. The van der Waals surface area contributed by atoms with Crippen LogP contribution in [-0.4, -0.2) is 17.7 Å². The molecule has 0 aliphatic heterocycles. The molecule has 0 atom stereocenters. The first kappa shape index (κ1) is 23.3. The SMILES string of the molecule is CC(=O)C(C)(C)c1ccccc1C(C)(C)OC(=O)C(C)(C)C(=O)Nc1ccccc1. The van der Waals surface area contributed by atoms with Crippen LogP contribution in [0.4, 0.5) is 5.69 Å². The van der Waals surface area contributed by atoms with Crippen LogP contribution in [0.25, 0.3) is 0 Å². The molecule has 0 saturated carbocycles. The van der Waals surface area contributed by atoms with Gasteiger partial charge in [0.1, 0.15) is 16.8 Å². The van der Waals surface area contributed by atoms with Gasteiger partial charge in [0.15, 0.2) is 0 Å². The average molecular weight is 410 g/mol. The number of amides is 1. The second-order valence-electron chi connectivity index (χ2n) is 9.07. The molecule has 0 bridgehead atoms. The highest BCUT2D eigenvalue weighted by Crippen LogP contribution is 2.37. The van der Waals surface area contributed by atoms with Crippen LogP contribution in [0.2, 0.25) is 0 Å². The molecule has 0 aromatic heterocycles. The Morgan fingerprint density at radius 1 is 0.767 bits per heavy atom. The number of Topliss-reactive ketones (excluding diaryl/α,β-unsaturated/α-hetero) is 1. The van der Waals surface area contributed by atoms with E-state index < -0.39 is 28.3 Å². The van der Waals surface area contributed by atoms with E-state index >= 15 is 0 Å². The number of carbonyl (C=O) groups excluding carboxylic acids is 3. The average Bonchev–Trinajstić information content (AvgIpc) is 2.68. The van der Waals surface area contributed by atoms with Gasteiger partial charge in [-0.2, -0.15) is 0 Å². The molecule has 30 heavy (non-hydrogen) atoms. The van der Waals surface area contributed by atoms with E-state index in [9.17, 15) is 14.4 Å². The van der Waals surface area contributed by atoms with Crippen LogP contribution in [0, 0.1) is 5.41 Å². The van der Waals surface area contributed by atoms with Crippen LogP contribution in [0.3, 0.4) is 0 Å². The molecule has 2 rings (SSSR count). The fourth-order valence-corrected chi connectivity index (χ4v) is 3.06. The Balaban J connectivity index is 2.29. The normalized spacial score (nSPS) is 12.2. The summed E-state index contributed by atoms with van der Waals surface area (Å²) in [5.74, 6) is -1.08. The predicted molar refractivity (Wildman–Crippen MR) is 118 cm³/mol. The van der Waals surface area contributed by atoms with Crippen molar-refractivity contribution in [3.8, 4) is 0 Å². The summed E-state index contributed by atoms with van der Waals surface area (Å²) in [4.78, 5) is 38.0. The zero-order valence-corrected chi connectivity index (χ0v) is 18.8. The number of hydrogen-bond acceptors (Lipinski definition) is 4. The number of carbonyl (C=O) groups is 3. The van der Waals surface area contributed by atoms with Crippen LogP contribution in [-0.2, 0) is 30.1 Å². The number of para-hydroxylation sites is 1. The molecule has 160 valence electrons. The molecule has 0 aliphatic rings. The first-order valence-electron chi connectivity index (χ1n) is 10.0. The second-order valence-corrected chi connectivity index (χ2v) is 9.07. The highest BCUT2D eigenvalue weighted by atomic mass is 16.6. The van der Waals surface area contributed by atoms with Crippen molar-refractivity contribution < 1.29 is 19.1 Å². The molecule has 0 radical (unpaired) electrons. The third-order valence-electron chi connectivity index (χ3n) is 5.59. The maximum absolute atomic E-state index is 13.0. The lowest BCUT2D eigenvalue weighted by molar-refractivity contribution is -0.170. The lowest BCUT2D eigenvalue weighted by Crippen LogP contribution is -2.43. The minimum Gasteiger partial charge on any atom is -0.454 e. The molecule has 2 aromatic rings. The highest BCUT2D eigenvalue weighted by molar-refractivity contribution is 6.08. The number of ketones is 1. The molecule has 0 aliphatic carbocycles. The van der Waals surface area contributed by atoms with Crippen molar-refractivity contribution in [1.29, 1.82) is 0 Å². The smallest absolute Gasteiger partial charge is 0.321 e. The molecule has 0 fully saturated rings. The van der Waals surface area contributed by atoms with Gasteiger partial charge in [-0.25, -0.2) is 0 Å². The maximum atomic E-state index is 13.0. The van der Waals surface area contributed by atoms with E-state index in [1.807, 2.05) is 44.2 Å². The Hall–Kier alpha value is -2.95. The predicted octanol–water partition coefficient (Wildman–Crippen LogP) is 5.00. The van der Waals surface area contributed by atoms with Crippen molar-refractivity contribution in [2.24, 2.45) is 5.41 Å². The number of benzene rings is 2. The minimum atomic E-state index is -1.40. The summed E-state index contributed by atoms with van der Waals surface area (Å²) in [7, 11) is 0. The summed E-state index contributed by atoms with van der Waals surface area (Å²) in [5.41, 5.74) is -1.04. The number of nitrogens with one attached hydrogen (secondary N) is 1. The van der Waals surface area contributed by atoms with E-state index in [1.54, 1.807) is 45.0 Å². The summed E-state index contributed by atoms with van der Waals surface area (Å²) in [6.45, 7) is 11.9. The van der Waals surface area contributed by atoms with Gasteiger partial charge in [0.2, 0.25) is 5.91 Å². The van der Waals surface area contributed by atoms with Gasteiger partial charge in [0.25, 0.3) is 0 Å². The van der Waals surface area contributed by atoms with Crippen molar-refractivity contribution in [3.63, 3.8) is 0 Å². The second kappa shape index (κ2) is 8.42. The van der Waals surface area contributed by atoms with E-state index in [-0.39, 0.29) is 5.78 Å². The van der Waals surface area contributed by atoms with Crippen LogP contribution in [0.1, 0.15) is 59.6 Å². The van der Waals surface area contributed by atoms with Crippen molar-refractivity contribution in [1.82, 2.24) is 0 Å². The van der Waals surface area contributed by atoms with E-state index in [2.05, 4.69) is 5.32 Å². The Morgan fingerprint density at radius 3 is 1.80 bits per heavy atom. The van der Waals surface area contributed by atoms with Gasteiger partial charge in [-0.05, 0) is 71.7 Å². The number of esters is 1. The molecule has 0 saturated heterocycles. The third kappa shape index (κ3) is 4.78. The number of ether oxygens (including phenoxy) is 1. The summed E-state index contributed by atoms with van der Waals surface area (Å²) < 4.78 is 5.85. The van der Waals surface area contributed by atoms with Gasteiger partial charge in [-0.15, -0.1) is 0 Å². The Bertz CT molecular complexity index is 943. The molecule has 2 aromatic carbocycles. The number of rotatable bonds is 7. The Morgan fingerprint density at radius 2 is 1.27 bits per heavy atom. The fraction of sp³-hybridized carbons (Fsp3) is 0.400. The number of anilines is 1. The molecular formula is C25H31NO4. The maximum Gasteiger partial charge on any atom is 0.321 e. The van der Waals surface area contributed by atoms with Crippen molar-refractivity contribution in [3.05, 3.63) is 65.7 Å². The number of hydrogen-bond donors (Lipinski definition) is 1. The van der Waals surface area contributed by atoms with Crippen molar-refractivity contribution in [2.45, 2.75) is 59.5 Å². The van der Waals surface area contributed by atoms with Crippen LogP contribution in [0.15, 0.2) is 54.6 Å². The van der Waals surface area contributed by atoms with Crippen LogP contribution >= 0.6 is 0 Å². The molecule has 1 N–H and O–H groups in total. The van der Waals surface area contributed by atoms with Gasteiger partial charge >= 0.3 is 5.97 Å². The largest absolute Gasteiger partial charge is 0.454 e. The Labute approximate surface area is 178 Å². The van der Waals surface area contributed by atoms with Crippen molar-refractivity contribution >= 4 is 23.3 Å². The van der Waals surface area contributed by atoms with E-state index in [0.29, 0.717) is 5.69 Å². The monoisotopic (exact) mass is 409 g/mol. The molecule has 5 heteroatoms. The van der Waals surface area contributed by atoms with Gasteiger partial charge in [0.05, 0.1) is 0 Å².